The Balaban J connectivity index is 1.59. The van der Waals surface area contributed by atoms with E-state index in [1.54, 1.807) is 16.7 Å². The van der Waals surface area contributed by atoms with Gasteiger partial charge in [-0.05, 0) is 86.6 Å². The van der Waals surface area contributed by atoms with Crippen molar-refractivity contribution in [2.24, 2.45) is 5.41 Å². The summed E-state index contributed by atoms with van der Waals surface area (Å²) in [6, 6.07) is 7.31. The molecule has 0 aromatic heterocycles. The minimum atomic E-state index is 0.640. The molecule has 1 heteroatoms. The number of benzene rings is 1. The fourth-order valence-corrected chi connectivity index (χ4v) is 4.47. The predicted octanol–water partition coefficient (Wildman–Crippen LogP) is 4.67. The molecule has 1 fully saturated rings. The fraction of sp³-hybridized carbons (Fsp3) is 0.700. The van der Waals surface area contributed by atoms with Crippen LogP contribution < -0.4 is 5.32 Å². The van der Waals surface area contributed by atoms with Gasteiger partial charge in [-0.3, -0.25) is 0 Å². The zero-order chi connectivity index (χ0) is 14.5. The maximum Gasteiger partial charge on any atom is -0.00437 e. The van der Waals surface area contributed by atoms with Gasteiger partial charge in [0.2, 0.25) is 0 Å². The van der Waals surface area contributed by atoms with Crippen molar-refractivity contribution >= 4 is 0 Å². The standard InChI is InChI=1S/C20H31N/c1-2-21-15-14-20(11-3-4-12-20)13-10-17-8-9-18-6-5-7-19(18)16-17/h8-9,16,21H,2-7,10-15H2,1H3. The topological polar surface area (TPSA) is 12.0 Å². The molecule has 0 unspecified atom stereocenters. The SMILES string of the molecule is CCNCCC1(CCc2ccc3c(c2)CCC3)CCCC1. The number of aryl methyl sites for hydroxylation is 3. The first-order chi connectivity index (χ1) is 10.3. The molecule has 1 nitrogen and oxygen atoms in total. The van der Waals surface area contributed by atoms with Crippen LogP contribution in [0.25, 0.3) is 0 Å². The molecular formula is C20H31N. The third-order valence-corrected chi connectivity index (χ3v) is 5.85. The zero-order valence-electron chi connectivity index (χ0n) is 13.7. The molecule has 1 saturated carbocycles. The van der Waals surface area contributed by atoms with Crippen molar-refractivity contribution in [1.29, 1.82) is 0 Å². The molecular weight excluding hydrogens is 254 g/mol. The molecule has 0 aliphatic heterocycles. The normalized spacial score (nSPS) is 19.9. The summed E-state index contributed by atoms with van der Waals surface area (Å²) in [7, 11) is 0. The maximum absolute atomic E-state index is 3.53. The first kappa shape index (κ1) is 15.1. The third-order valence-electron chi connectivity index (χ3n) is 5.85. The van der Waals surface area contributed by atoms with E-state index in [4.69, 9.17) is 0 Å². The highest BCUT2D eigenvalue weighted by Crippen LogP contribution is 2.44. The molecule has 2 aliphatic rings. The second-order valence-corrected chi connectivity index (χ2v) is 7.27. The van der Waals surface area contributed by atoms with Crippen LogP contribution in [0.2, 0.25) is 0 Å². The summed E-state index contributed by atoms with van der Waals surface area (Å²) in [5.41, 5.74) is 5.48. The largest absolute Gasteiger partial charge is 0.317 e. The zero-order valence-corrected chi connectivity index (χ0v) is 13.7. The van der Waals surface area contributed by atoms with E-state index in [1.165, 1.54) is 70.8 Å². The van der Waals surface area contributed by atoms with E-state index in [2.05, 4.69) is 30.4 Å². The second kappa shape index (κ2) is 6.96. The lowest BCUT2D eigenvalue weighted by molar-refractivity contribution is 0.246. The van der Waals surface area contributed by atoms with Gasteiger partial charge in [0.15, 0.2) is 0 Å². The number of fused-ring (bicyclic) bond motifs is 1. The molecule has 21 heavy (non-hydrogen) atoms. The van der Waals surface area contributed by atoms with Crippen LogP contribution in [0.4, 0.5) is 0 Å². The monoisotopic (exact) mass is 285 g/mol. The van der Waals surface area contributed by atoms with E-state index in [-0.39, 0.29) is 0 Å². The highest BCUT2D eigenvalue weighted by molar-refractivity contribution is 5.35. The van der Waals surface area contributed by atoms with Gasteiger partial charge >= 0.3 is 0 Å². The Morgan fingerprint density at radius 1 is 1.00 bits per heavy atom. The van der Waals surface area contributed by atoms with Gasteiger partial charge in [-0.15, -0.1) is 0 Å². The molecule has 2 aliphatic carbocycles. The lowest BCUT2D eigenvalue weighted by atomic mass is 9.77. The van der Waals surface area contributed by atoms with Crippen LogP contribution in [0.3, 0.4) is 0 Å². The van der Waals surface area contributed by atoms with Gasteiger partial charge in [-0.2, -0.15) is 0 Å². The molecule has 1 aromatic carbocycles. The van der Waals surface area contributed by atoms with Crippen LogP contribution in [-0.2, 0) is 19.3 Å². The van der Waals surface area contributed by atoms with Crippen molar-refractivity contribution < 1.29 is 0 Å². The molecule has 116 valence electrons. The van der Waals surface area contributed by atoms with E-state index < -0.39 is 0 Å². The molecule has 0 saturated heterocycles. The minimum Gasteiger partial charge on any atom is -0.317 e. The lowest BCUT2D eigenvalue weighted by Crippen LogP contribution is -2.25. The van der Waals surface area contributed by atoms with Crippen molar-refractivity contribution in [1.82, 2.24) is 5.32 Å². The Kier molecular flexibility index (Phi) is 5.00. The number of hydrogen-bond acceptors (Lipinski definition) is 1. The summed E-state index contributed by atoms with van der Waals surface area (Å²) in [5.74, 6) is 0. The van der Waals surface area contributed by atoms with Crippen LogP contribution >= 0.6 is 0 Å². The number of rotatable bonds is 7. The molecule has 1 aromatic rings. The number of nitrogens with one attached hydrogen (secondary N) is 1. The number of hydrogen-bond donors (Lipinski definition) is 1. The summed E-state index contributed by atoms with van der Waals surface area (Å²) in [4.78, 5) is 0. The van der Waals surface area contributed by atoms with Gasteiger partial charge < -0.3 is 5.32 Å². The molecule has 0 spiro atoms. The summed E-state index contributed by atoms with van der Waals surface area (Å²) in [6.45, 7) is 4.54. The summed E-state index contributed by atoms with van der Waals surface area (Å²) < 4.78 is 0. The third kappa shape index (κ3) is 3.69. The van der Waals surface area contributed by atoms with Crippen molar-refractivity contribution in [2.45, 2.75) is 71.1 Å². The highest BCUT2D eigenvalue weighted by Gasteiger charge is 2.32. The Bertz CT molecular complexity index is 457. The maximum atomic E-state index is 3.53. The predicted molar refractivity (Wildman–Crippen MR) is 90.8 cm³/mol. The van der Waals surface area contributed by atoms with E-state index in [1.807, 2.05) is 0 Å². The summed E-state index contributed by atoms with van der Waals surface area (Å²) >= 11 is 0. The quantitative estimate of drug-likeness (QED) is 0.718. The molecule has 3 rings (SSSR count). The van der Waals surface area contributed by atoms with Gasteiger partial charge in [0.25, 0.3) is 0 Å². The lowest BCUT2D eigenvalue weighted by Gasteiger charge is -2.29. The van der Waals surface area contributed by atoms with Gasteiger partial charge in [-0.1, -0.05) is 38.0 Å². The Morgan fingerprint density at radius 2 is 1.81 bits per heavy atom. The smallest absolute Gasteiger partial charge is 0.00437 e. The Morgan fingerprint density at radius 3 is 2.62 bits per heavy atom. The van der Waals surface area contributed by atoms with E-state index in [0.29, 0.717) is 5.41 Å². The molecule has 1 N–H and O–H groups in total. The Labute approximate surface area is 130 Å². The molecule has 0 atom stereocenters. The van der Waals surface area contributed by atoms with Gasteiger partial charge in [-0.25, -0.2) is 0 Å². The van der Waals surface area contributed by atoms with Crippen LogP contribution in [0, 0.1) is 5.41 Å². The van der Waals surface area contributed by atoms with Crippen LogP contribution in [0.1, 0.15) is 68.6 Å². The average molecular weight is 285 g/mol. The van der Waals surface area contributed by atoms with Crippen molar-refractivity contribution in [2.75, 3.05) is 13.1 Å². The van der Waals surface area contributed by atoms with Gasteiger partial charge in [0, 0.05) is 0 Å². The highest BCUT2D eigenvalue weighted by atomic mass is 14.8. The fourth-order valence-electron chi connectivity index (χ4n) is 4.47. The van der Waals surface area contributed by atoms with E-state index in [0.717, 1.165) is 6.54 Å². The van der Waals surface area contributed by atoms with Gasteiger partial charge in [0.05, 0.1) is 0 Å². The van der Waals surface area contributed by atoms with Crippen LogP contribution in [0.15, 0.2) is 18.2 Å². The molecule has 0 radical (unpaired) electrons. The Hall–Kier alpha value is -0.820. The van der Waals surface area contributed by atoms with E-state index in [9.17, 15) is 0 Å². The van der Waals surface area contributed by atoms with Crippen LogP contribution in [-0.4, -0.2) is 13.1 Å². The van der Waals surface area contributed by atoms with Crippen molar-refractivity contribution in [3.63, 3.8) is 0 Å². The summed E-state index contributed by atoms with van der Waals surface area (Å²) in [5, 5.41) is 3.53. The summed E-state index contributed by atoms with van der Waals surface area (Å²) in [6.07, 6.45) is 13.9. The molecule has 0 heterocycles. The van der Waals surface area contributed by atoms with E-state index >= 15 is 0 Å². The minimum absolute atomic E-state index is 0.640. The van der Waals surface area contributed by atoms with Crippen LogP contribution in [0.5, 0.6) is 0 Å². The van der Waals surface area contributed by atoms with Gasteiger partial charge in [0.1, 0.15) is 0 Å². The first-order valence-electron chi connectivity index (χ1n) is 9.13. The van der Waals surface area contributed by atoms with Crippen molar-refractivity contribution in [3.05, 3.63) is 34.9 Å². The molecule has 0 amide bonds. The molecule has 0 bridgehead atoms. The first-order valence-corrected chi connectivity index (χ1v) is 9.13. The second-order valence-electron chi connectivity index (χ2n) is 7.27. The van der Waals surface area contributed by atoms with Crippen molar-refractivity contribution in [3.8, 4) is 0 Å². The average Bonchev–Trinajstić information content (AvgIpc) is 3.14.